The smallest absolute Gasteiger partial charge is 0.172 e. The maximum absolute atomic E-state index is 4.90. The Kier molecular flexibility index (Phi) is 8.48. The van der Waals surface area contributed by atoms with Gasteiger partial charge in [0.1, 0.15) is 0 Å². The van der Waals surface area contributed by atoms with Crippen LogP contribution in [0, 0.1) is 0 Å². The van der Waals surface area contributed by atoms with Gasteiger partial charge >= 0.3 is 0 Å². The molecule has 0 unspecified atom stereocenters. The van der Waals surface area contributed by atoms with Gasteiger partial charge in [0.15, 0.2) is 8.07 Å². The van der Waals surface area contributed by atoms with Gasteiger partial charge in [-0.3, -0.25) is 4.98 Å². The molecule has 1 aromatic heterocycles. The molecule has 0 atom stereocenters. The summed E-state index contributed by atoms with van der Waals surface area (Å²) < 4.78 is 0. The monoisotopic (exact) mass is 606 g/mol. The zero-order valence-corrected chi connectivity index (χ0v) is 26.5. The molecule has 0 saturated carbocycles. The van der Waals surface area contributed by atoms with E-state index in [2.05, 4.69) is 193 Å². The van der Waals surface area contributed by atoms with Crippen molar-refractivity contribution in [3.8, 4) is 11.3 Å². The summed E-state index contributed by atoms with van der Waals surface area (Å²) in [6.07, 6.45) is 4.26. The quantitative estimate of drug-likeness (QED) is 0.120. The Labute approximate surface area is 272 Å². The Hall–Kier alpha value is -5.77. The average Bonchev–Trinajstić information content (AvgIpc) is 3.15. The van der Waals surface area contributed by atoms with Crippen LogP contribution in [0.25, 0.3) is 17.3 Å². The fourth-order valence-electron chi connectivity index (χ4n) is 6.17. The van der Waals surface area contributed by atoms with Crippen molar-refractivity contribution >= 4 is 46.8 Å². The van der Waals surface area contributed by atoms with Crippen molar-refractivity contribution in [3.05, 3.63) is 206 Å². The molecule has 0 aliphatic heterocycles. The summed E-state index contributed by atoms with van der Waals surface area (Å²) in [5, 5.41) is 4.10. The van der Waals surface area contributed by atoms with Gasteiger partial charge in [-0.2, -0.15) is 0 Å². The lowest BCUT2D eigenvalue weighted by atomic mass is 10.1. The minimum absolute atomic E-state index is 0.946. The van der Waals surface area contributed by atoms with E-state index in [1.54, 1.807) is 0 Å². The lowest BCUT2D eigenvalue weighted by molar-refractivity contribution is 1.23. The molecule has 0 aliphatic carbocycles. The predicted molar refractivity (Wildman–Crippen MR) is 197 cm³/mol. The number of hydrogen-bond acceptors (Lipinski definition) is 2. The standard InChI is InChI=1S/C43H34N2Si/c1-6-16-37(17-7-1)45(38-18-8-2-9-19-38)39-30-31-43(44-34-39)36-28-26-35(27-29-36)32-33-46(40-20-10-3-11-21-40,41-22-12-4-13-23-41)42-24-14-5-15-25-42/h1-34H. The van der Waals surface area contributed by atoms with Crippen LogP contribution in [0.2, 0.25) is 0 Å². The second-order valence-electron chi connectivity index (χ2n) is 11.3. The van der Waals surface area contributed by atoms with Gasteiger partial charge in [-0.25, -0.2) is 0 Å². The molecule has 0 aliphatic rings. The second-order valence-corrected chi connectivity index (χ2v) is 15.0. The molecule has 2 nitrogen and oxygen atoms in total. The maximum atomic E-state index is 4.90. The molecular weight excluding hydrogens is 573 g/mol. The summed E-state index contributed by atoms with van der Waals surface area (Å²) in [7, 11) is -2.45. The first-order valence-electron chi connectivity index (χ1n) is 15.6. The third-order valence-electron chi connectivity index (χ3n) is 8.45. The number of rotatable bonds is 9. The number of aromatic nitrogens is 1. The van der Waals surface area contributed by atoms with Crippen LogP contribution in [0.15, 0.2) is 200 Å². The highest BCUT2D eigenvalue weighted by Gasteiger charge is 2.36. The van der Waals surface area contributed by atoms with Crippen LogP contribution >= 0.6 is 0 Å². The van der Waals surface area contributed by atoms with Crippen LogP contribution in [-0.2, 0) is 0 Å². The highest BCUT2D eigenvalue weighted by atomic mass is 28.3. The van der Waals surface area contributed by atoms with Gasteiger partial charge < -0.3 is 4.90 Å². The van der Waals surface area contributed by atoms with Crippen molar-refractivity contribution < 1.29 is 0 Å². The molecule has 7 rings (SSSR count). The van der Waals surface area contributed by atoms with Crippen molar-refractivity contribution in [3.63, 3.8) is 0 Å². The first kappa shape index (κ1) is 29.0. The molecule has 0 spiro atoms. The Morgan fingerprint density at radius 1 is 0.413 bits per heavy atom. The molecule has 7 aromatic rings. The molecule has 0 bridgehead atoms. The summed E-state index contributed by atoms with van der Waals surface area (Å²) in [4.78, 5) is 7.13. The summed E-state index contributed by atoms with van der Waals surface area (Å²) in [6.45, 7) is 0. The second kappa shape index (κ2) is 13.5. The van der Waals surface area contributed by atoms with Crippen LogP contribution in [0.1, 0.15) is 5.56 Å². The van der Waals surface area contributed by atoms with Gasteiger partial charge in [-0.1, -0.05) is 163 Å². The van der Waals surface area contributed by atoms with Crippen LogP contribution in [0.5, 0.6) is 0 Å². The number of anilines is 3. The van der Waals surface area contributed by atoms with Crippen LogP contribution in [-0.4, -0.2) is 13.1 Å². The first-order chi connectivity index (χ1) is 22.8. The molecule has 0 amide bonds. The normalized spacial score (nSPS) is 11.4. The van der Waals surface area contributed by atoms with E-state index in [1.165, 1.54) is 21.1 Å². The predicted octanol–water partition coefficient (Wildman–Crippen LogP) is 8.94. The molecule has 1 heterocycles. The van der Waals surface area contributed by atoms with Crippen molar-refractivity contribution in [2.45, 2.75) is 0 Å². The van der Waals surface area contributed by atoms with Gasteiger partial charge in [0.25, 0.3) is 0 Å². The number of pyridine rings is 1. The summed E-state index contributed by atoms with van der Waals surface area (Å²) in [6, 6.07) is 66.8. The van der Waals surface area contributed by atoms with Crippen molar-refractivity contribution in [2.75, 3.05) is 4.90 Å². The third-order valence-corrected chi connectivity index (χ3v) is 12.9. The highest BCUT2D eigenvalue weighted by Crippen LogP contribution is 2.34. The number of benzene rings is 6. The van der Waals surface area contributed by atoms with E-state index in [1.807, 2.05) is 18.3 Å². The van der Waals surface area contributed by atoms with Gasteiger partial charge in [-0.15, -0.1) is 0 Å². The Balaban J connectivity index is 1.21. The molecule has 0 fully saturated rings. The fraction of sp³-hybridized carbons (Fsp3) is 0. The Morgan fingerprint density at radius 3 is 1.26 bits per heavy atom. The zero-order valence-electron chi connectivity index (χ0n) is 25.5. The van der Waals surface area contributed by atoms with E-state index in [0.29, 0.717) is 0 Å². The molecule has 6 aromatic carbocycles. The molecule has 220 valence electrons. The van der Waals surface area contributed by atoms with Gasteiger partial charge in [0.2, 0.25) is 0 Å². The lowest BCUT2D eigenvalue weighted by Crippen LogP contribution is -2.66. The number of nitrogens with zero attached hydrogens (tertiary/aromatic N) is 2. The Bertz CT molecular complexity index is 1860. The first-order valence-corrected chi connectivity index (χ1v) is 17.7. The molecular formula is C43H34N2Si. The molecule has 0 saturated heterocycles. The van der Waals surface area contributed by atoms with Crippen LogP contribution in [0.4, 0.5) is 17.1 Å². The molecule has 0 radical (unpaired) electrons. The van der Waals surface area contributed by atoms with Gasteiger partial charge in [0.05, 0.1) is 17.6 Å². The summed E-state index contributed by atoms with van der Waals surface area (Å²) >= 11 is 0. The number of para-hydroxylation sites is 2. The van der Waals surface area contributed by atoms with E-state index in [9.17, 15) is 0 Å². The minimum atomic E-state index is -2.45. The molecule has 3 heteroatoms. The average molecular weight is 607 g/mol. The van der Waals surface area contributed by atoms with Crippen LogP contribution in [0.3, 0.4) is 0 Å². The van der Waals surface area contributed by atoms with Crippen molar-refractivity contribution in [1.82, 2.24) is 4.98 Å². The van der Waals surface area contributed by atoms with E-state index >= 15 is 0 Å². The van der Waals surface area contributed by atoms with Gasteiger partial charge in [-0.05, 0) is 57.5 Å². The fourth-order valence-corrected chi connectivity index (χ4v) is 10.3. The van der Waals surface area contributed by atoms with E-state index in [4.69, 9.17) is 4.98 Å². The SMILES string of the molecule is C(=C[Si](c1ccccc1)(c1ccccc1)c1ccccc1)c1ccc(-c2ccc(N(c3ccccc3)c3ccccc3)cn2)cc1. The van der Waals surface area contributed by atoms with E-state index in [-0.39, 0.29) is 0 Å². The topological polar surface area (TPSA) is 16.1 Å². The summed E-state index contributed by atoms with van der Waals surface area (Å²) in [5.74, 6) is 0. The lowest BCUT2D eigenvalue weighted by Gasteiger charge is -2.30. The molecule has 0 N–H and O–H groups in total. The van der Waals surface area contributed by atoms with Gasteiger partial charge in [0, 0.05) is 16.9 Å². The Morgan fingerprint density at radius 2 is 0.848 bits per heavy atom. The van der Waals surface area contributed by atoms with E-state index in [0.717, 1.165) is 28.3 Å². The zero-order chi connectivity index (χ0) is 31.0. The number of hydrogen-bond donors (Lipinski definition) is 0. The van der Waals surface area contributed by atoms with E-state index < -0.39 is 8.07 Å². The molecule has 46 heavy (non-hydrogen) atoms. The highest BCUT2D eigenvalue weighted by molar-refractivity contribution is 7.15. The van der Waals surface area contributed by atoms with Crippen molar-refractivity contribution in [1.29, 1.82) is 0 Å². The van der Waals surface area contributed by atoms with Crippen molar-refractivity contribution in [2.24, 2.45) is 0 Å². The third kappa shape index (κ3) is 5.97. The minimum Gasteiger partial charge on any atom is -0.309 e. The maximum Gasteiger partial charge on any atom is 0.172 e. The summed E-state index contributed by atoms with van der Waals surface area (Å²) in [5.41, 5.74) is 8.90. The van der Waals surface area contributed by atoms with Crippen LogP contribution < -0.4 is 20.5 Å². The largest absolute Gasteiger partial charge is 0.309 e.